The summed E-state index contributed by atoms with van der Waals surface area (Å²) in [4.78, 5) is 0. The van der Waals surface area contributed by atoms with Gasteiger partial charge in [-0.2, -0.15) is 0 Å². The van der Waals surface area contributed by atoms with E-state index in [1.165, 1.54) is 37.8 Å². The monoisotopic (exact) mass is 290 g/mol. The van der Waals surface area contributed by atoms with E-state index in [-0.39, 0.29) is 0 Å². The van der Waals surface area contributed by atoms with Gasteiger partial charge in [-0.1, -0.05) is 37.1 Å². The second-order valence-corrected chi connectivity index (χ2v) is 5.44. The number of hydrogen-bond acceptors (Lipinski definition) is 5. The highest BCUT2D eigenvalue weighted by atomic mass is 16.6. The molecule has 2 fully saturated rings. The lowest BCUT2D eigenvalue weighted by Crippen LogP contribution is -2.00. The summed E-state index contributed by atoms with van der Waals surface area (Å²) in [6.45, 7) is 0. The zero-order chi connectivity index (χ0) is 15.0. The lowest BCUT2D eigenvalue weighted by molar-refractivity contribution is 0.351. The van der Waals surface area contributed by atoms with E-state index in [2.05, 4.69) is 0 Å². The van der Waals surface area contributed by atoms with Crippen molar-refractivity contribution in [1.29, 1.82) is 0 Å². The van der Waals surface area contributed by atoms with Gasteiger partial charge in [-0.3, -0.25) is 0 Å². The molecule has 2 aromatic carbocycles. The molecule has 2 unspecified atom stereocenters. The number of hydrogen-bond donors (Lipinski definition) is 4. The molecule has 1 aliphatic carbocycles. The standard InChI is InChI=1S/C10H8O4.C6H10O/c11-7-5-3-1-2-4-6(5)8(12)10(14)9(7)13;1-2-4-6-5(3-1)7-6/h1-4,11-14H;5-6H,1-4H2. The summed E-state index contributed by atoms with van der Waals surface area (Å²) in [5.74, 6) is -2.28. The van der Waals surface area contributed by atoms with Gasteiger partial charge in [0.05, 0.1) is 12.2 Å². The molecular weight excluding hydrogens is 272 g/mol. The summed E-state index contributed by atoms with van der Waals surface area (Å²) in [5.41, 5.74) is 0. The normalized spacial score (nSPS) is 23.0. The predicted octanol–water partition coefficient (Wildman–Crippen LogP) is 2.99. The molecule has 0 spiro atoms. The van der Waals surface area contributed by atoms with E-state index in [0.29, 0.717) is 23.0 Å². The van der Waals surface area contributed by atoms with E-state index in [1.807, 2.05) is 0 Å². The molecule has 1 saturated heterocycles. The quantitative estimate of drug-likeness (QED) is 0.340. The van der Waals surface area contributed by atoms with Crippen LogP contribution in [0.25, 0.3) is 10.8 Å². The highest BCUT2D eigenvalue weighted by Gasteiger charge is 2.39. The van der Waals surface area contributed by atoms with Crippen molar-refractivity contribution in [1.82, 2.24) is 0 Å². The van der Waals surface area contributed by atoms with Crippen molar-refractivity contribution < 1.29 is 25.2 Å². The van der Waals surface area contributed by atoms with Crippen LogP contribution >= 0.6 is 0 Å². The Labute approximate surface area is 122 Å². The van der Waals surface area contributed by atoms with Gasteiger partial charge in [-0.05, 0) is 12.8 Å². The summed E-state index contributed by atoms with van der Waals surface area (Å²) in [6.07, 6.45) is 6.89. The number of phenols is 4. The molecular formula is C16H18O5. The fourth-order valence-electron chi connectivity index (χ4n) is 2.75. The van der Waals surface area contributed by atoms with Crippen LogP contribution in [-0.4, -0.2) is 32.6 Å². The van der Waals surface area contributed by atoms with Crippen molar-refractivity contribution in [2.45, 2.75) is 37.9 Å². The number of rotatable bonds is 0. The Bertz CT molecular complexity index is 611. The third-order valence-corrected chi connectivity index (χ3v) is 4.03. The number of fused-ring (bicyclic) bond motifs is 2. The molecule has 2 aliphatic rings. The Kier molecular flexibility index (Phi) is 3.51. The smallest absolute Gasteiger partial charge is 0.204 e. The van der Waals surface area contributed by atoms with Gasteiger partial charge >= 0.3 is 0 Å². The van der Waals surface area contributed by atoms with Crippen LogP contribution in [0.1, 0.15) is 25.7 Å². The molecule has 112 valence electrons. The Hall–Kier alpha value is -2.14. The van der Waals surface area contributed by atoms with Crippen molar-refractivity contribution in [2.24, 2.45) is 0 Å². The lowest BCUT2D eigenvalue weighted by Gasteiger charge is -2.07. The van der Waals surface area contributed by atoms with E-state index >= 15 is 0 Å². The van der Waals surface area contributed by atoms with Crippen LogP contribution in [-0.2, 0) is 4.74 Å². The molecule has 1 saturated carbocycles. The molecule has 21 heavy (non-hydrogen) atoms. The van der Waals surface area contributed by atoms with Crippen molar-refractivity contribution in [3.63, 3.8) is 0 Å². The van der Waals surface area contributed by atoms with E-state index < -0.39 is 23.0 Å². The minimum atomic E-state index is -0.707. The Morgan fingerprint density at radius 2 is 1.14 bits per heavy atom. The van der Waals surface area contributed by atoms with Crippen molar-refractivity contribution >= 4 is 10.8 Å². The van der Waals surface area contributed by atoms with Crippen LogP contribution < -0.4 is 0 Å². The number of benzene rings is 2. The SMILES string of the molecule is C1CCC2OC2C1.Oc1c(O)c(O)c2ccccc2c1O. The maximum Gasteiger partial charge on any atom is 0.204 e. The first-order valence-electron chi connectivity index (χ1n) is 7.09. The number of epoxide rings is 1. The van der Waals surface area contributed by atoms with Crippen LogP contribution in [0.4, 0.5) is 0 Å². The largest absolute Gasteiger partial charge is 0.504 e. The third-order valence-electron chi connectivity index (χ3n) is 4.03. The van der Waals surface area contributed by atoms with Gasteiger partial charge in [0.1, 0.15) is 0 Å². The summed E-state index contributed by atoms with van der Waals surface area (Å²) < 4.78 is 5.28. The van der Waals surface area contributed by atoms with Gasteiger partial charge in [-0.15, -0.1) is 0 Å². The van der Waals surface area contributed by atoms with Crippen LogP contribution in [0, 0.1) is 0 Å². The Morgan fingerprint density at radius 3 is 1.52 bits per heavy atom. The molecule has 1 aliphatic heterocycles. The average molecular weight is 290 g/mol. The van der Waals surface area contributed by atoms with Gasteiger partial charge in [0.15, 0.2) is 11.5 Å². The zero-order valence-corrected chi connectivity index (χ0v) is 11.5. The van der Waals surface area contributed by atoms with Gasteiger partial charge in [0.25, 0.3) is 0 Å². The molecule has 0 aromatic heterocycles. The fourth-order valence-corrected chi connectivity index (χ4v) is 2.75. The van der Waals surface area contributed by atoms with Gasteiger partial charge in [-0.25, -0.2) is 0 Å². The summed E-state index contributed by atoms with van der Waals surface area (Å²) >= 11 is 0. The molecule has 4 rings (SSSR count). The average Bonchev–Trinajstić information content (AvgIpc) is 3.31. The lowest BCUT2D eigenvalue weighted by atomic mass is 10.0. The highest BCUT2D eigenvalue weighted by Crippen LogP contribution is 2.48. The second kappa shape index (κ2) is 5.33. The molecule has 1 heterocycles. The first kappa shape index (κ1) is 13.8. The molecule has 0 radical (unpaired) electrons. The van der Waals surface area contributed by atoms with E-state index in [4.69, 9.17) is 4.74 Å². The van der Waals surface area contributed by atoms with Crippen molar-refractivity contribution in [2.75, 3.05) is 0 Å². The van der Waals surface area contributed by atoms with Crippen LogP contribution in [0.15, 0.2) is 24.3 Å². The fraction of sp³-hybridized carbons (Fsp3) is 0.375. The molecule has 0 amide bonds. The first-order chi connectivity index (χ1) is 10.1. The summed E-state index contributed by atoms with van der Waals surface area (Å²) in [7, 11) is 0. The zero-order valence-electron chi connectivity index (χ0n) is 11.5. The van der Waals surface area contributed by atoms with Crippen LogP contribution in [0.3, 0.4) is 0 Å². The summed E-state index contributed by atoms with van der Waals surface area (Å²) in [6, 6.07) is 6.36. The number of phenolic OH excluding ortho intramolecular Hbond substituents is 4. The minimum Gasteiger partial charge on any atom is -0.504 e. The summed E-state index contributed by atoms with van der Waals surface area (Å²) in [5, 5.41) is 37.9. The van der Waals surface area contributed by atoms with E-state index in [9.17, 15) is 20.4 Å². The molecule has 5 heteroatoms. The van der Waals surface area contributed by atoms with E-state index in [1.54, 1.807) is 12.1 Å². The Morgan fingerprint density at radius 1 is 0.714 bits per heavy atom. The Balaban J connectivity index is 0.000000156. The highest BCUT2D eigenvalue weighted by molar-refractivity contribution is 5.97. The molecule has 2 aromatic rings. The van der Waals surface area contributed by atoms with Gasteiger partial charge in [0, 0.05) is 10.8 Å². The van der Waals surface area contributed by atoms with E-state index in [0.717, 1.165) is 0 Å². The minimum absolute atomic E-state index is 0.292. The molecule has 2 atom stereocenters. The molecule has 5 nitrogen and oxygen atoms in total. The maximum atomic E-state index is 9.44. The van der Waals surface area contributed by atoms with Crippen molar-refractivity contribution in [3.8, 4) is 23.0 Å². The van der Waals surface area contributed by atoms with Crippen LogP contribution in [0.5, 0.6) is 23.0 Å². The van der Waals surface area contributed by atoms with Crippen molar-refractivity contribution in [3.05, 3.63) is 24.3 Å². The van der Waals surface area contributed by atoms with Gasteiger partial charge in [0.2, 0.25) is 11.5 Å². The molecule has 4 N–H and O–H groups in total. The number of aromatic hydroxyl groups is 4. The maximum absolute atomic E-state index is 9.44. The van der Waals surface area contributed by atoms with Crippen LogP contribution in [0.2, 0.25) is 0 Å². The first-order valence-corrected chi connectivity index (χ1v) is 7.09. The predicted molar refractivity (Wildman–Crippen MR) is 77.7 cm³/mol. The molecule has 0 bridgehead atoms. The van der Waals surface area contributed by atoms with Gasteiger partial charge < -0.3 is 25.2 Å². The third kappa shape index (κ3) is 2.56. The number of ether oxygens (including phenoxy) is 1. The topological polar surface area (TPSA) is 93.5 Å². The second-order valence-electron chi connectivity index (χ2n) is 5.44.